The lowest BCUT2D eigenvalue weighted by Crippen LogP contribution is -1.85. The van der Waals surface area contributed by atoms with Crippen molar-refractivity contribution in [2.75, 3.05) is 0 Å². The number of benzene rings is 1. The molecule has 0 heterocycles. The molecule has 1 saturated carbocycles. The molecule has 0 N–H and O–H groups in total. The Labute approximate surface area is 94.5 Å². The molecule has 0 spiro atoms. The van der Waals surface area contributed by atoms with Crippen LogP contribution in [0.3, 0.4) is 0 Å². The molecule has 1 aliphatic carbocycles. The first kappa shape index (κ1) is 16.3. The van der Waals surface area contributed by atoms with Crippen LogP contribution in [0.1, 0.15) is 46.5 Å². The van der Waals surface area contributed by atoms with Gasteiger partial charge in [0.05, 0.1) is 0 Å². The molecule has 0 radical (unpaired) electrons. The van der Waals surface area contributed by atoms with E-state index in [0.29, 0.717) is 0 Å². The van der Waals surface area contributed by atoms with Gasteiger partial charge in [-0.05, 0) is 6.92 Å². The summed E-state index contributed by atoms with van der Waals surface area (Å²) >= 11 is 0. The Bertz CT molecular complexity index is 147. The zero-order valence-corrected chi connectivity index (χ0v) is 10.3. The molecule has 1 aromatic carbocycles. The van der Waals surface area contributed by atoms with Gasteiger partial charge >= 0.3 is 0 Å². The Morgan fingerprint density at radius 1 is 0.733 bits per heavy atom. The van der Waals surface area contributed by atoms with Gasteiger partial charge in [0.2, 0.25) is 0 Å². The summed E-state index contributed by atoms with van der Waals surface area (Å²) < 4.78 is 0. The summed E-state index contributed by atoms with van der Waals surface area (Å²) in [6, 6.07) is 12.0. The minimum Gasteiger partial charge on any atom is -0.304 e. The molecule has 0 bridgehead atoms. The first-order chi connectivity index (χ1) is 7.41. The molecule has 1 aromatic rings. The Balaban J connectivity index is 0. The average Bonchev–Trinajstić information content (AvgIpc) is 2.22. The van der Waals surface area contributed by atoms with Crippen molar-refractivity contribution in [3.63, 3.8) is 0 Å². The van der Waals surface area contributed by atoms with Gasteiger partial charge in [-0.1, -0.05) is 75.9 Å². The zero-order chi connectivity index (χ0) is 11.8. The summed E-state index contributed by atoms with van der Waals surface area (Å²) in [5.41, 5.74) is 0. The molecule has 0 aliphatic heterocycles. The van der Waals surface area contributed by atoms with Crippen LogP contribution >= 0.6 is 0 Å². The number of carbonyl (C=O) groups is 1. The van der Waals surface area contributed by atoms with Gasteiger partial charge in [-0.2, -0.15) is 0 Å². The molecule has 2 rings (SSSR count). The van der Waals surface area contributed by atoms with Crippen LogP contribution in [0.25, 0.3) is 0 Å². The third-order valence-electron chi connectivity index (χ3n) is 1.67. The van der Waals surface area contributed by atoms with Gasteiger partial charge in [-0.3, -0.25) is 0 Å². The minimum atomic E-state index is 0.750. The van der Waals surface area contributed by atoms with E-state index in [9.17, 15) is 0 Å². The van der Waals surface area contributed by atoms with Crippen LogP contribution < -0.4 is 0 Å². The molecule has 1 aliphatic rings. The molecule has 0 atom stereocenters. The molecule has 0 unspecified atom stereocenters. The van der Waals surface area contributed by atoms with Crippen LogP contribution in [0.5, 0.6) is 0 Å². The monoisotopic (exact) mass is 208 g/mol. The summed E-state index contributed by atoms with van der Waals surface area (Å²) in [7, 11) is 0. The lowest BCUT2D eigenvalue weighted by molar-refractivity contribution is -0.106. The second-order valence-corrected chi connectivity index (χ2v) is 2.80. The van der Waals surface area contributed by atoms with Gasteiger partial charge in [-0.15, -0.1) is 0 Å². The van der Waals surface area contributed by atoms with Crippen molar-refractivity contribution in [3.8, 4) is 0 Å². The maximum atomic E-state index is 8.81. The van der Waals surface area contributed by atoms with Crippen molar-refractivity contribution in [1.29, 1.82) is 0 Å². The molecule has 1 nitrogen and oxygen atoms in total. The SMILES string of the molecule is C1CCC1.CC.CC=O.c1ccccc1. The quantitative estimate of drug-likeness (QED) is 0.574. The Kier molecular flexibility index (Phi) is 20.3. The van der Waals surface area contributed by atoms with Gasteiger partial charge in [0.1, 0.15) is 6.29 Å². The summed E-state index contributed by atoms with van der Waals surface area (Å²) in [6.07, 6.45) is 6.75. The van der Waals surface area contributed by atoms with Crippen LogP contribution in [0.15, 0.2) is 36.4 Å². The van der Waals surface area contributed by atoms with Gasteiger partial charge < -0.3 is 4.79 Å². The van der Waals surface area contributed by atoms with E-state index >= 15 is 0 Å². The molecule has 0 aromatic heterocycles. The van der Waals surface area contributed by atoms with Gasteiger partial charge in [0, 0.05) is 0 Å². The van der Waals surface area contributed by atoms with E-state index < -0.39 is 0 Å². The summed E-state index contributed by atoms with van der Waals surface area (Å²) in [5.74, 6) is 0. The molecule has 86 valence electrons. The molecule has 0 amide bonds. The first-order valence-corrected chi connectivity index (χ1v) is 5.81. The van der Waals surface area contributed by atoms with E-state index in [4.69, 9.17) is 4.79 Å². The molecule has 15 heavy (non-hydrogen) atoms. The van der Waals surface area contributed by atoms with Crippen molar-refractivity contribution >= 4 is 6.29 Å². The van der Waals surface area contributed by atoms with Crippen LogP contribution in [-0.4, -0.2) is 6.29 Å². The Morgan fingerprint density at radius 3 is 0.933 bits per heavy atom. The van der Waals surface area contributed by atoms with Crippen LogP contribution in [0.2, 0.25) is 0 Å². The Morgan fingerprint density at radius 2 is 0.867 bits per heavy atom. The fourth-order valence-corrected chi connectivity index (χ4v) is 0.635. The summed E-state index contributed by atoms with van der Waals surface area (Å²) in [6.45, 7) is 5.44. The number of aldehydes is 1. The third kappa shape index (κ3) is 19.3. The highest BCUT2D eigenvalue weighted by Crippen LogP contribution is 2.15. The first-order valence-electron chi connectivity index (χ1n) is 5.81. The fraction of sp³-hybridized carbons (Fsp3) is 0.500. The topological polar surface area (TPSA) is 17.1 Å². The van der Waals surface area contributed by atoms with Crippen molar-refractivity contribution in [3.05, 3.63) is 36.4 Å². The highest BCUT2D eigenvalue weighted by molar-refractivity contribution is 5.44. The smallest absolute Gasteiger partial charge is 0.116 e. The third-order valence-corrected chi connectivity index (χ3v) is 1.67. The normalized spacial score (nSPS) is 10.9. The van der Waals surface area contributed by atoms with Crippen molar-refractivity contribution in [1.82, 2.24) is 0 Å². The molecule has 1 heteroatoms. The van der Waals surface area contributed by atoms with Crippen molar-refractivity contribution < 1.29 is 4.79 Å². The van der Waals surface area contributed by atoms with Crippen molar-refractivity contribution in [2.24, 2.45) is 0 Å². The van der Waals surface area contributed by atoms with Crippen molar-refractivity contribution in [2.45, 2.75) is 46.5 Å². The van der Waals surface area contributed by atoms with E-state index in [-0.39, 0.29) is 0 Å². The molecule has 1 fully saturated rings. The second-order valence-electron chi connectivity index (χ2n) is 2.80. The van der Waals surface area contributed by atoms with Crippen LogP contribution in [0.4, 0.5) is 0 Å². The number of carbonyl (C=O) groups excluding carboxylic acids is 1. The predicted molar refractivity (Wildman–Crippen MR) is 68.0 cm³/mol. The highest BCUT2D eigenvalue weighted by atomic mass is 16.1. The van der Waals surface area contributed by atoms with E-state index in [2.05, 4.69) is 0 Å². The molecular formula is C14H24O. The van der Waals surface area contributed by atoms with E-state index in [1.807, 2.05) is 50.2 Å². The highest BCUT2D eigenvalue weighted by Gasteiger charge is 1.95. The molecule has 0 saturated heterocycles. The van der Waals surface area contributed by atoms with Crippen LogP contribution in [0, 0.1) is 0 Å². The number of hydrogen-bond acceptors (Lipinski definition) is 1. The molecular weight excluding hydrogens is 184 g/mol. The maximum absolute atomic E-state index is 8.81. The maximum Gasteiger partial charge on any atom is 0.116 e. The standard InChI is InChI=1S/C6H6.C4H8.C2H4O.C2H6/c1-2-4-6-5-3-1;1-2-4-3-1;1-2-3;1-2/h1-6H;1-4H2;2H,1H3;1-2H3. The average molecular weight is 208 g/mol. The summed E-state index contributed by atoms with van der Waals surface area (Å²) in [5, 5.41) is 0. The van der Waals surface area contributed by atoms with Crippen LogP contribution in [-0.2, 0) is 4.79 Å². The lowest BCUT2D eigenvalue weighted by Gasteiger charge is -2.05. The van der Waals surface area contributed by atoms with Gasteiger partial charge in [0.15, 0.2) is 0 Å². The zero-order valence-electron chi connectivity index (χ0n) is 10.3. The van der Waals surface area contributed by atoms with E-state index in [0.717, 1.165) is 6.29 Å². The predicted octanol–water partition coefficient (Wildman–Crippen LogP) is 4.48. The Hall–Kier alpha value is -1.11. The minimum absolute atomic E-state index is 0.750. The number of hydrogen-bond donors (Lipinski definition) is 0. The summed E-state index contributed by atoms with van der Waals surface area (Å²) in [4.78, 5) is 8.81. The van der Waals surface area contributed by atoms with E-state index in [1.54, 1.807) is 0 Å². The van der Waals surface area contributed by atoms with Gasteiger partial charge in [0.25, 0.3) is 0 Å². The van der Waals surface area contributed by atoms with E-state index in [1.165, 1.54) is 32.6 Å². The van der Waals surface area contributed by atoms with Gasteiger partial charge in [-0.25, -0.2) is 0 Å². The number of rotatable bonds is 0. The largest absolute Gasteiger partial charge is 0.304 e. The second kappa shape index (κ2) is 18.6. The lowest BCUT2D eigenvalue weighted by atomic mass is 10.0. The fourth-order valence-electron chi connectivity index (χ4n) is 0.635.